The Morgan fingerprint density at radius 3 is 2.40 bits per heavy atom. The highest BCUT2D eigenvalue weighted by Crippen LogP contribution is 2.24. The first-order valence-corrected chi connectivity index (χ1v) is 7.56. The molecule has 0 spiro atoms. The average Bonchev–Trinajstić information content (AvgIpc) is 3.08. The van der Waals surface area contributed by atoms with Gasteiger partial charge in [-0.15, -0.1) is 0 Å². The number of carbonyl (C=O) groups is 1. The van der Waals surface area contributed by atoms with E-state index < -0.39 is 5.97 Å². The molecule has 0 saturated heterocycles. The van der Waals surface area contributed by atoms with E-state index in [1.807, 2.05) is 36.4 Å². The molecule has 25 heavy (non-hydrogen) atoms. The number of aromatic nitrogens is 3. The van der Waals surface area contributed by atoms with Crippen LogP contribution in [0.25, 0.3) is 22.2 Å². The Kier molecular flexibility index (Phi) is 4.71. The van der Waals surface area contributed by atoms with Crippen molar-refractivity contribution in [1.29, 1.82) is 0 Å². The Hall–Kier alpha value is -3.67. The van der Waals surface area contributed by atoms with Crippen molar-refractivity contribution >= 4 is 22.6 Å². The van der Waals surface area contributed by atoms with Gasteiger partial charge in [-0.05, 0) is 35.9 Å². The molecule has 6 heteroatoms. The molecule has 4 N–H and O–H groups in total. The molecule has 6 nitrogen and oxygen atoms in total. The second kappa shape index (κ2) is 7.27. The van der Waals surface area contributed by atoms with Crippen LogP contribution >= 0.6 is 0 Å². The van der Waals surface area contributed by atoms with Gasteiger partial charge in [0, 0.05) is 28.5 Å². The molecular formula is C19H16N4O2. The molecule has 2 aromatic carbocycles. The van der Waals surface area contributed by atoms with Crippen molar-refractivity contribution in [2.24, 2.45) is 0 Å². The molecule has 0 saturated carbocycles. The van der Waals surface area contributed by atoms with Gasteiger partial charge in [0.25, 0.3) is 0 Å². The van der Waals surface area contributed by atoms with Crippen LogP contribution in [0.1, 0.15) is 10.5 Å². The van der Waals surface area contributed by atoms with E-state index in [1.165, 1.54) is 24.0 Å². The van der Waals surface area contributed by atoms with Crippen molar-refractivity contribution in [1.82, 2.24) is 15.0 Å². The number of H-pyrrole nitrogens is 1. The summed E-state index contributed by atoms with van der Waals surface area (Å²) < 4.78 is 0. The summed E-state index contributed by atoms with van der Waals surface area (Å²) >= 11 is 0. The van der Waals surface area contributed by atoms with Gasteiger partial charge in [-0.1, -0.05) is 30.3 Å². The number of aromatic amines is 1. The molecule has 2 aromatic heterocycles. The summed E-state index contributed by atoms with van der Waals surface area (Å²) in [5.41, 5.74) is 9.93. The first-order chi connectivity index (χ1) is 12.1. The molecule has 0 atom stereocenters. The van der Waals surface area contributed by atoms with Crippen molar-refractivity contribution in [2.45, 2.75) is 0 Å². The lowest BCUT2D eigenvalue weighted by molar-refractivity contribution is 0.0690. The summed E-state index contributed by atoms with van der Waals surface area (Å²) in [4.78, 5) is 20.5. The number of nitrogens with one attached hydrogen (secondary N) is 1. The van der Waals surface area contributed by atoms with Gasteiger partial charge in [0.05, 0.1) is 0 Å². The number of nitrogens with zero attached hydrogens (tertiary/aromatic N) is 2. The fourth-order valence-corrected chi connectivity index (χ4v) is 2.31. The molecule has 2 heterocycles. The van der Waals surface area contributed by atoms with Crippen LogP contribution in [-0.4, -0.2) is 26.0 Å². The van der Waals surface area contributed by atoms with E-state index in [0.29, 0.717) is 0 Å². The van der Waals surface area contributed by atoms with Gasteiger partial charge < -0.3 is 15.8 Å². The van der Waals surface area contributed by atoms with Gasteiger partial charge in [-0.25, -0.2) is 14.8 Å². The van der Waals surface area contributed by atoms with Crippen LogP contribution in [0.5, 0.6) is 0 Å². The number of nitrogens with two attached hydrogens (primary N) is 1. The van der Waals surface area contributed by atoms with Gasteiger partial charge in [-0.2, -0.15) is 0 Å². The number of rotatable bonds is 2. The Morgan fingerprint density at radius 1 is 1.04 bits per heavy atom. The zero-order chi connectivity index (χ0) is 17.6. The smallest absolute Gasteiger partial charge is 0.354 e. The average molecular weight is 332 g/mol. The zero-order valence-electron chi connectivity index (χ0n) is 13.3. The standard InChI is InChI=1S/C14H12N2.C5H4N2O2/c15-12-7-5-10(6-8-12)14-9-11-3-1-2-4-13(11)16-14;8-5(9)4-1-2-6-3-7-4/h1-9,16H,15H2;1-3H,(H,8,9). The number of nitrogen functional groups attached to an aromatic ring is 1. The normalized spacial score (nSPS) is 10.1. The zero-order valence-corrected chi connectivity index (χ0v) is 13.3. The van der Waals surface area contributed by atoms with Gasteiger partial charge >= 0.3 is 5.97 Å². The highest BCUT2D eigenvalue weighted by Gasteiger charge is 2.02. The predicted molar refractivity (Wildman–Crippen MR) is 97.1 cm³/mol. The van der Waals surface area contributed by atoms with E-state index in [-0.39, 0.29) is 5.69 Å². The van der Waals surface area contributed by atoms with Crippen LogP contribution in [0, 0.1) is 0 Å². The van der Waals surface area contributed by atoms with Crippen molar-refractivity contribution in [3.63, 3.8) is 0 Å². The minimum Gasteiger partial charge on any atom is -0.477 e. The van der Waals surface area contributed by atoms with Gasteiger partial charge in [0.15, 0.2) is 5.69 Å². The summed E-state index contributed by atoms with van der Waals surface area (Å²) in [5, 5.41) is 9.53. The van der Waals surface area contributed by atoms with E-state index in [9.17, 15) is 4.79 Å². The van der Waals surface area contributed by atoms with E-state index in [1.54, 1.807) is 0 Å². The number of hydrogen-bond donors (Lipinski definition) is 3. The lowest BCUT2D eigenvalue weighted by Crippen LogP contribution is -1.98. The Morgan fingerprint density at radius 2 is 1.80 bits per heavy atom. The number of aromatic carboxylic acids is 1. The molecule has 4 aromatic rings. The molecule has 0 fully saturated rings. The molecule has 0 amide bonds. The Labute approximate surface area is 144 Å². The van der Waals surface area contributed by atoms with Crippen LogP contribution in [0.3, 0.4) is 0 Å². The van der Waals surface area contributed by atoms with Crippen LogP contribution in [0.15, 0.2) is 73.2 Å². The van der Waals surface area contributed by atoms with Gasteiger partial charge in [-0.3, -0.25) is 0 Å². The highest BCUT2D eigenvalue weighted by molar-refractivity contribution is 5.86. The monoisotopic (exact) mass is 332 g/mol. The van der Waals surface area contributed by atoms with Crippen LogP contribution in [-0.2, 0) is 0 Å². The maximum Gasteiger partial charge on any atom is 0.354 e. The number of carboxylic acid groups (broad SMARTS) is 1. The lowest BCUT2D eigenvalue weighted by atomic mass is 10.1. The quantitative estimate of drug-likeness (QED) is 0.487. The van der Waals surface area contributed by atoms with Crippen molar-refractivity contribution in [2.75, 3.05) is 5.73 Å². The van der Waals surface area contributed by atoms with Crippen LogP contribution < -0.4 is 5.73 Å². The second-order valence-corrected chi connectivity index (χ2v) is 5.29. The fraction of sp³-hybridized carbons (Fsp3) is 0. The Balaban J connectivity index is 0.000000173. The fourth-order valence-electron chi connectivity index (χ4n) is 2.31. The SMILES string of the molecule is Nc1ccc(-c2cc3ccccc3[nH]2)cc1.O=C(O)c1ccncn1. The first kappa shape index (κ1) is 16.2. The molecule has 0 aliphatic carbocycles. The summed E-state index contributed by atoms with van der Waals surface area (Å²) in [7, 11) is 0. The van der Waals surface area contributed by atoms with Crippen molar-refractivity contribution in [3.05, 3.63) is 78.9 Å². The van der Waals surface area contributed by atoms with Gasteiger partial charge in [0.2, 0.25) is 0 Å². The summed E-state index contributed by atoms with van der Waals surface area (Å²) in [6.07, 6.45) is 2.58. The number of carboxylic acids is 1. The maximum atomic E-state index is 10.1. The number of fused-ring (bicyclic) bond motifs is 1. The summed E-state index contributed by atoms with van der Waals surface area (Å²) in [5.74, 6) is -1.03. The molecule has 0 aliphatic rings. The number of hydrogen-bond acceptors (Lipinski definition) is 4. The number of anilines is 1. The van der Waals surface area contributed by atoms with Gasteiger partial charge in [0.1, 0.15) is 6.33 Å². The third kappa shape index (κ3) is 4.00. The lowest BCUT2D eigenvalue weighted by Gasteiger charge is -1.97. The van der Waals surface area contributed by atoms with E-state index >= 15 is 0 Å². The molecule has 0 aliphatic heterocycles. The third-order valence-corrected chi connectivity index (χ3v) is 3.55. The van der Waals surface area contributed by atoms with Crippen LogP contribution in [0.2, 0.25) is 0 Å². The minimum atomic E-state index is -1.03. The number of para-hydroxylation sites is 1. The van der Waals surface area contributed by atoms with Crippen molar-refractivity contribution in [3.8, 4) is 11.3 Å². The van der Waals surface area contributed by atoms with Crippen molar-refractivity contribution < 1.29 is 9.90 Å². The van der Waals surface area contributed by atoms with E-state index in [4.69, 9.17) is 10.8 Å². The molecule has 0 unspecified atom stereocenters. The molecule has 0 radical (unpaired) electrons. The number of benzene rings is 2. The summed E-state index contributed by atoms with van der Waals surface area (Å²) in [6, 6.07) is 19.6. The molecule has 124 valence electrons. The molecular weight excluding hydrogens is 316 g/mol. The highest BCUT2D eigenvalue weighted by atomic mass is 16.4. The first-order valence-electron chi connectivity index (χ1n) is 7.56. The Bertz CT molecular complexity index is 946. The molecule has 0 bridgehead atoms. The van der Waals surface area contributed by atoms with E-state index in [0.717, 1.165) is 22.5 Å². The largest absolute Gasteiger partial charge is 0.477 e. The second-order valence-electron chi connectivity index (χ2n) is 5.29. The summed E-state index contributed by atoms with van der Waals surface area (Å²) in [6.45, 7) is 0. The third-order valence-electron chi connectivity index (χ3n) is 3.55. The molecule has 4 rings (SSSR count). The van der Waals surface area contributed by atoms with E-state index in [2.05, 4.69) is 33.2 Å². The topological polar surface area (TPSA) is 105 Å². The minimum absolute atomic E-state index is 0.0185. The predicted octanol–water partition coefficient (Wildman–Crippen LogP) is 3.59. The maximum absolute atomic E-state index is 10.1. The van der Waals surface area contributed by atoms with Crippen LogP contribution in [0.4, 0.5) is 5.69 Å².